The van der Waals surface area contributed by atoms with E-state index in [1.165, 1.54) is 24.3 Å². The van der Waals surface area contributed by atoms with Gasteiger partial charge in [-0.15, -0.1) is 0 Å². The highest BCUT2D eigenvalue weighted by Crippen LogP contribution is 2.31. The van der Waals surface area contributed by atoms with Gasteiger partial charge in [0.25, 0.3) is 0 Å². The molecule has 2 unspecified atom stereocenters. The average molecular weight is 355 g/mol. The summed E-state index contributed by atoms with van der Waals surface area (Å²) in [6.07, 6.45) is 0.848. The van der Waals surface area contributed by atoms with Crippen molar-refractivity contribution >= 4 is 17.6 Å². The molecule has 0 aromatic heterocycles. The normalized spacial score (nSPS) is 20.9. The molecule has 6 nitrogen and oxygen atoms in total. The zero-order valence-electron chi connectivity index (χ0n) is 13.9. The van der Waals surface area contributed by atoms with Crippen molar-refractivity contribution in [2.24, 2.45) is 0 Å². The van der Waals surface area contributed by atoms with E-state index < -0.39 is 12.1 Å². The second-order valence-electron chi connectivity index (χ2n) is 6.40. The first kappa shape index (κ1) is 16.4. The third kappa shape index (κ3) is 3.20. The van der Waals surface area contributed by atoms with Crippen LogP contribution in [0.5, 0.6) is 5.75 Å². The first-order valence-corrected chi connectivity index (χ1v) is 8.46. The van der Waals surface area contributed by atoms with Gasteiger partial charge in [-0.25, -0.2) is 9.18 Å². The summed E-state index contributed by atoms with van der Waals surface area (Å²) in [6, 6.07) is 10.1. The van der Waals surface area contributed by atoms with E-state index in [1.807, 2.05) is 18.2 Å². The summed E-state index contributed by atoms with van der Waals surface area (Å²) in [5.41, 5.74) is 2.56. The van der Waals surface area contributed by atoms with Crippen molar-refractivity contribution in [3.8, 4) is 5.75 Å². The molecular formula is C19H18FN3O3. The summed E-state index contributed by atoms with van der Waals surface area (Å²) in [6.45, 7) is 1.13. The second kappa shape index (κ2) is 6.67. The summed E-state index contributed by atoms with van der Waals surface area (Å²) in [4.78, 5) is 24.4. The van der Waals surface area contributed by atoms with Crippen molar-refractivity contribution < 1.29 is 18.7 Å². The maximum absolute atomic E-state index is 12.9. The highest BCUT2D eigenvalue weighted by molar-refractivity contribution is 5.95. The Kier molecular flexibility index (Phi) is 4.20. The predicted molar refractivity (Wildman–Crippen MR) is 93.7 cm³/mol. The Balaban J connectivity index is 1.47. The SMILES string of the molecule is O=C(Nc1ccc(F)cc1)NC1C(=O)NCC1c1ccc2c(c1)CCO2. The number of urea groups is 1. The minimum absolute atomic E-state index is 0.160. The molecule has 2 aromatic rings. The van der Waals surface area contributed by atoms with Crippen LogP contribution in [0.2, 0.25) is 0 Å². The van der Waals surface area contributed by atoms with E-state index >= 15 is 0 Å². The van der Waals surface area contributed by atoms with Crippen molar-refractivity contribution in [3.05, 3.63) is 59.4 Å². The molecule has 0 bridgehead atoms. The molecule has 0 spiro atoms. The fraction of sp³-hybridized carbons (Fsp3) is 0.263. The van der Waals surface area contributed by atoms with E-state index in [-0.39, 0.29) is 17.6 Å². The van der Waals surface area contributed by atoms with Crippen LogP contribution < -0.4 is 20.7 Å². The van der Waals surface area contributed by atoms with E-state index in [2.05, 4.69) is 16.0 Å². The quantitative estimate of drug-likeness (QED) is 0.789. The number of ether oxygens (including phenoxy) is 1. The van der Waals surface area contributed by atoms with Crippen LogP contribution in [0.1, 0.15) is 17.0 Å². The zero-order chi connectivity index (χ0) is 18.1. The number of carbonyl (C=O) groups is 2. The van der Waals surface area contributed by atoms with Gasteiger partial charge >= 0.3 is 6.03 Å². The Bertz CT molecular complexity index is 854. The van der Waals surface area contributed by atoms with Crippen LogP contribution in [-0.2, 0) is 11.2 Å². The Hall–Kier alpha value is -3.09. The van der Waals surface area contributed by atoms with Crippen LogP contribution in [-0.4, -0.2) is 31.1 Å². The number of carbonyl (C=O) groups excluding carboxylic acids is 2. The standard InChI is InChI=1S/C19H18FN3O3/c20-13-2-4-14(5-3-13)22-19(25)23-17-15(10-21-18(17)24)11-1-6-16-12(9-11)7-8-26-16/h1-6,9,15,17H,7-8,10H2,(H,21,24)(H2,22,23,25). The number of amides is 3. The minimum atomic E-state index is -0.671. The van der Waals surface area contributed by atoms with Crippen molar-refractivity contribution in [3.63, 3.8) is 0 Å². The lowest BCUT2D eigenvalue weighted by molar-refractivity contribution is -0.120. The van der Waals surface area contributed by atoms with E-state index in [1.54, 1.807) is 0 Å². The summed E-state index contributed by atoms with van der Waals surface area (Å²) in [5, 5.41) is 8.13. The van der Waals surface area contributed by atoms with Gasteiger partial charge < -0.3 is 20.7 Å². The fourth-order valence-electron chi connectivity index (χ4n) is 3.38. The Labute approximate surface area is 149 Å². The molecular weight excluding hydrogens is 337 g/mol. The Morgan fingerprint density at radius 3 is 2.81 bits per heavy atom. The summed E-state index contributed by atoms with van der Waals surface area (Å²) >= 11 is 0. The number of hydrogen-bond donors (Lipinski definition) is 3. The van der Waals surface area contributed by atoms with Gasteiger partial charge in [0.05, 0.1) is 6.61 Å². The van der Waals surface area contributed by atoms with Gasteiger partial charge in [-0.2, -0.15) is 0 Å². The molecule has 2 heterocycles. The molecule has 7 heteroatoms. The zero-order valence-corrected chi connectivity index (χ0v) is 13.9. The molecule has 3 N–H and O–H groups in total. The molecule has 0 saturated carbocycles. The van der Waals surface area contributed by atoms with Gasteiger partial charge in [-0.1, -0.05) is 12.1 Å². The summed E-state index contributed by atoms with van der Waals surface area (Å²) in [7, 11) is 0. The summed E-state index contributed by atoms with van der Waals surface area (Å²) in [5.74, 6) is 0.116. The van der Waals surface area contributed by atoms with Gasteiger partial charge in [-0.3, -0.25) is 4.79 Å². The molecule has 2 aliphatic rings. The fourth-order valence-corrected chi connectivity index (χ4v) is 3.38. The van der Waals surface area contributed by atoms with Crippen molar-refractivity contribution in [2.75, 3.05) is 18.5 Å². The monoisotopic (exact) mass is 355 g/mol. The highest BCUT2D eigenvalue weighted by atomic mass is 19.1. The van der Waals surface area contributed by atoms with Crippen LogP contribution in [0.25, 0.3) is 0 Å². The molecule has 0 aliphatic carbocycles. The topological polar surface area (TPSA) is 79.5 Å². The Morgan fingerprint density at radius 2 is 2.00 bits per heavy atom. The van der Waals surface area contributed by atoms with Crippen LogP contribution in [0.4, 0.5) is 14.9 Å². The number of fused-ring (bicyclic) bond motifs is 1. The molecule has 2 aromatic carbocycles. The number of hydrogen-bond acceptors (Lipinski definition) is 3. The van der Waals surface area contributed by atoms with Gasteiger partial charge in [-0.05, 0) is 41.5 Å². The third-order valence-electron chi connectivity index (χ3n) is 4.71. The van der Waals surface area contributed by atoms with Crippen LogP contribution >= 0.6 is 0 Å². The maximum Gasteiger partial charge on any atom is 0.319 e. The second-order valence-corrected chi connectivity index (χ2v) is 6.40. The highest BCUT2D eigenvalue weighted by Gasteiger charge is 2.37. The van der Waals surface area contributed by atoms with Gasteiger partial charge in [0.2, 0.25) is 5.91 Å². The van der Waals surface area contributed by atoms with E-state index in [0.717, 1.165) is 23.3 Å². The lowest BCUT2D eigenvalue weighted by Crippen LogP contribution is -2.44. The molecule has 1 saturated heterocycles. The van der Waals surface area contributed by atoms with Crippen molar-refractivity contribution in [2.45, 2.75) is 18.4 Å². The smallest absolute Gasteiger partial charge is 0.319 e. The lowest BCUT2D eigenvalue weighted by atomic mass is 9.92. The van der Waals surface area contributed by atoms with Crippen LogP contribution in [0.3, 0.4) is 0 Å². The van der Waals surface area contributed by atoms with Crippen molar-refractivity contribution in [1.82, 2.24) is 10.6 Å². The first-order valence-electron chi connectivity index (χ1n) is 8.46. The average Bonchev–Trinajstić information content (AvgIpc) is 3.23. The number of benzene rings is 2. The molecule has 0 radical (unpaired) electrons. The van der Waals surface area contributed by atoms with Gasteiger partial charge in [0.15, 0.2) is 0 Å². The third-order valence-corrected chi connectivity index (χ3v) is 4.71. The molecule has 2 atom stereocenters. The predicted octanol–water partition coefficient (Wildman–Crippen LogP) is 2.16. The molecule has 1 fully saturated rings. The molecule has 134 valence electrons. The van der Waals surface area contributed by atoms with Crippen LogP contribution in [0.15, 0.2) is 42.5 Å². The van der Waals surface area contributed by atoms with E-state index in [0.29, 0.717) is 18.8 Å². The molecule has 3 amide bonds. The Morgan fingerprint density at radius 1 is 1.19 bits per heavy atom. The summed E-state index contributed by atoms with van der Waals surface area (Å²) < 4.78 is 18.5. The van der Waals surface area contributed by atoms with Gasteiger partial charge in [0, 0.05) is 24.6 Å². The van der Waals surface area contributed by atoms with Crippen LogP contribution in [0, 0.1) is 5.82 Å². The van der Waals surface area contributed by atoms with E-state index in [4.69, 9.17) is 4.74 Å². The number of halogens is 1. The number of rotatable bonds is 3. The largest absolute Gasteiger partial charge is 0.493 e. The van der Waals surface area contributed by atoms with E-state index in [9.17, 15) is 14.0 Å². The number of nitrogens with one attached hydrogen (secondary N) is 3. The molecule has 2 aliphatic heterocycles. The minimum Gasteiger partial charge on any atom is -0.493 e. The first-order chi connectivity index (χ1) is 12.6. The lowest BCUT2D eigenvalue weighted by Gasteiger charge is -2.19. The van der Waals surface area contributed by atoms with Crippen molar-refractivity contribution in [1.29, 1.82) is 0 Å². The number of anilines is 1. The molecule has 26 heavy (non-hydrogen) atoms. The molecule has 4 rings (SSSR count). The maximum atomic E-state index is 12.9. The van der Waals surface area contributed by atoms with Gasteiger partial charge in [0.1, 0.15) is 17.6 Å².